The third-order valence-electron chi connectivity index (χ3n) is 6.80. The van der Waals surface area contributed by atoms with Crippen molar-refractivity contribution in [1.82, 2.24) is 4.90 Å². The highest BCUT2D eigenvalue weighted by atomic mass is 32.2. The van der Waals surface area contributed by atoms with Gasteiger partial charge < -0.3 is 19.6 Å². The van der Waals surface area contributed by atoms with Gasteiger partial charge in [-0.05, 0) is 47.5 Å². The average Bonchev–Trinajstić information content (AvgIpc) is 2.97. The molecule has 1 amide bonds. The summed E-state index contributed by atoms with van der Waals surface area (Å²) in [5.74, 6) is -0.589. The molecule has 0 radical (unpaired) electrons. The Morgan fingerprint density at radius 3 is 2.13 bits per heavy atom. The lowest BCUT2D eigenvalue weighted by Gasteiger charge is -2.33. The molecule has 4 aromatic rings. The van der Waals surface area contributed by atoms with Gasteiger partial charge in [0.05, 0.1) is 11.4 Å². The van der Waals surface area contributed by atoms with E-state index in [9.17, 15) is 14.7 Å². The van der Waals surface area contributed by atoms with Gasteiger partial charge >= 0.3 is 5.97 Å². The van der Waals surface area contributed by atoms with Gasteiger partial charge in [0.2, 0.25) is 5.91 Å². The van der Waals surface area contributed by atoms with Crippen LogP contribution in [0.5, 0.6) is 5.75 Å². The summed E-state index contributed by atoms with van der Waals surface area (Å²) in [5, 5.41) is 10.0. The van der Waals surface area contributed by atoms with Crippen LogP contribution in [-0.4, -0.2) is 41.5 Å². The molecule has 39 heavy (non-hydrogen) atoms. The Labute approximate surface area is 232 Å². The predicted molar refractivity (Wildman–Crippen MR) is 154 cm³/mol. The molecular weight excluding hydrogens is 508 g/mol. The maximum absolute atomic E-state index is 13.3. The van der Waals surface area contributed by atoms with Crippen LogP contribution in [0.2, 0.25) is 0 Å². The van der Waals surface area contributed by atoms with Crippen LogP contribution >= 0.6 is 11.8 Å². The van der Waals surface area contributed by atoms with Crippen molar-refractivity contribution < 1.29 is 19.4 Å². The highest BCUT2D eigenvalue weighted by molar-refractivity contribution is 7.99. The minimum absolute atomic E-state index is 0.187. The van der Waals surface area contributed by atoms with E-state index >= 15 is 0 Å². The fourth-order valence-corrected chi connectivity index (χ4v) is 5.79. The van der Waals surface area contributed by atoms with E-state index < -0.39 is 12.0 Å². The second-order valence-electron chi connectivity index (χ2n) is 9.42. The molecule has 4 aromatic carbocycles. The normalized spacial score (nSPS) is 12.7. The van der Waals surface area contributed by atoms with Gasteiger partial charge in [-0.2, -0.15) is 0 Å². The van der Waals surface area contributed by atoms with Crippen molar-refractivity contribution in [3.63, 3.8) is 0 Å². The van der Waals surface area contributed by atoms with Crippen molar-refractivity contribution in [3.05, 3.63) is 114 Å². The number of likely N-dealkylation sites (N-methyl/N-ethyl adjacent to an activating group) is 1. The molecule has 0 bridgehead atoms. The summed E-state index contributed by atoms with van der Waals surface area (Å²) in [4.78, 5) is 31.3. The van der Waals surface area contributed by atoms with E-state index in [1.807, 2.05) is 78.9 Å². The lowest BCUT2D eigenvalue weighted by molar-refractivity contribution is -0.148. The molecule has 0 aliphatic carbocycles. The van der Waals surface area contributed by atoms with E-state index in [1.54, 1.807) is 18.8 Å². The SMILES string of the molecule is CN(C(=O)CCN1c2ccccc2Sc2ccccc21)C(Cc1cccc(OCc2ccccc2)c1)C(=O)O. The minimum Gasteiger partial charge on any atom is -0.489 e. The summed E-state index contributed by atoms with van der Waals surface area (Å²) in [5.41, 5.74) is 3.95. The Morgan fingerprint density at radius 2 is 1.46 bits per heavy atom. The number of aliphatic carboxylic acids is 1. The molecule has 0 spiro atoms. The van der Waals surface area contributed by atoms with Crippen LogP contribution < -0.4 is 9.64 Å². The van der Waals surface area contributed by atoms with Crippen molar-refractivity contribution >= 4 is 35.0 Å². The first-order valence-electron chi connectivity index (χ1n) is 12.9. The molecule has 0 aromatic heterocycles. The second-order valence-corrected chi connectivity index (χ2v) is 10.5. The monoisotopic (exact) mass is 538 g/mol. The Bertz CT molecular complexity index is 1410. The van der Waals surface area contributed by atoms with Crippen molar-refractivity contribution in [2.75, 3.05) is 18.5 Å². The standard InChI is InChI=1S/C32H30N2O4S/c1-33(28(32(36)37)21-24-12-9-13-25(20-24)38-22-23-10-3-2-4-11-23)31(35)18-19-34-26-14-5-7-16-29(26)39-30-17-8-6-15-27(30)34/h2-17,20,28H,18-19,21-22H2,1H3,(H,36,37). The number of ether oxygens (including phenoxy) is 1. The van der Waals surface area contributed by atoms with Crippen LogP contribution in [0.4, 0.5) is 11.4 Å². The van der Waals surface area contributed by atoms with Crippen molar-refractivity contribution in [1.29, 1.82) is 0 Å². The molecule has 1 N–H and O–H groups in total. The smallest absolute Gasteiger partial charge is 0.326 e. The molecule has 198 valence electrons. The summed E-state index contributed by atoms with van der Waals surface area (Å²) in [7, 11) is 1.57. The van der Waals surface area contributed by atoms with Crippen molar-refractivity contribution in [3.8, 4) is 5.75 Å². The van der Waals surface area contributed by atoms with Gasteiger partial charge in [0.1, 0.15) is 18.4 Å². The number of anilines is 2. The van der Waals surface area contributed by atoms with Gasteiger partial charge in [-0.15, -0.1) is 0 Å². The van der Waals surface area contributed by atoms with E-state index in [2.05, 4.69) is 29.2 Å². The maximum atomic E-state index is 13.3. The first-order valence-corrected chi connectivity index (χ1v) is 13.7. The molecular formula is C32H30N2O4S. The number of carboxylic acids is 1. The Morgan fingerprint density at radius 1 is 0.846 bits per heavy atom. The van der Waals surface area contributed by atoms with Crippen LogP contribution in [0.15, 0.2) is 113 Å². The highest BCUT2D eigenvalue weighted by Gasteiger charge is 2.29. The number of rotatable bonds is 10. The largest absolute Gasteiger partial charge is 0.489 e. The number of benzene rings is 4. The Kier molecular flexibility index (Phi) is 8.18. The Hall–Kier alpha value is -4.23. The van der Waals surface area contributed by atoms with Crippen molar-refractivity contribution in [2.24, 2.45) is 0 Å². The molecule has 1 unspecified atom stereocenters. The molecule has 6 nitrogen and oxygen atoms in total. The number of fused-ring (bicyclic) bond motifs is 2. The molecule has 1 atom stereocenters. The maximum Gasteiger partial charge on any atom is 0.326 e. The number of hydrogen-bond acceptors (Lipinski definition) is 5. The quantitative estimate of drug-likeness (QED) is 0.252. The third kappa shape index (κ3) is 6.26. The van der Waals surface area contributed by atoms with Crippen LogP contribution in [0.1, 0.15) is 17.5 Å². The summed E-state index contributed by atoms with van der Waals surface area (Å²) < 4.78 is 5.91. The zero-order chi connectivity index (χ0) is 27.2. The van der Waals surface area contributed by atoms with E-state index in [1.165, 1.54) is 4.90 Å². The zero-order valence-electron chi connectivity index (χ0n) is 21.7. The van der Waals surface area contributed by atoms with Crippen molar-refractivity contribution in [2.45, 2.75) is 35.3 Å². The fraction of sp³-hybridized carbons (Fsp3) is 0.188. The summed E-state index contributed by atoms with van der Waals surface area (Å²) in [6.45, 7) is 0.874. The first-order chi connectivity index (χ1) is 19.0. The van der Waals surface area contributed by atoms with Crippen LogP contribution in [0.3, 0.4) is 0 Å². The minimum atomic E-state index is -1.04. The second kappa shape index (κ2) is 12.1. The molecule has 1 aliphatic rings. The van der Waals surface area contributed by atoms with Gasteiger partial charge in [-0.1, -0.05) is 78.5 Å². The highest BCUT2D eigenvalue weighted by Crippen LogP contribution is 2.47. The first kappa shape index (κ1) is 26.4. The zero-order valence-corrected chi connectivity index (χ0v) is 22.5. The molecule has 0 saturated carbocycles. The topological polar surface area (TPSA) is 70.1 Å². The molecule has 0 saturated heterocycles. The summed E-state index contributed by atoms with van der Waals surface area (Å²) in [6.07, 6.45) is 0.375. The molecule has 1 heterocycles. The van der Waals surface area contributed by atoms with E-state index in [-0.39, 0.29) is 18.7 Å². The van der Waals surface area contributed by atoms with Crippen LogP contribution in [0.25, 0.3) is 0 Å². The third-order valence-corrected chi connectivity index (χ3v) is 7.93. The molecule has 1 aliphatic heterocycles. The number of para-hydroxylation sites is 2. The number of carbonyl (C=O) groups excluding carboxylic acids is 1. The summed E-state index contributed by atoms with van der Waals surface area (Å²) >= 11 is 1.72. The van der Waals surface area contributed by atoms with Gasteiger partial charge in [-0.3, -0.25) is 4.79 Å². The van der Waals surface area contributed by atoms with E-state index in [0.717, 1.165) is 32.3 Å². The molecule has 7 heteroatoms. The number of carboxylic acid groups (broad SMARTS) is 1. The number of carbonyl (C=O) groups is 2. The van der Waals surface area contributed by atoms with Gasteiger partial charge in [0.15, 0.2) is 0 Å². The van der Waals surface area contributed by atoms with Crippen LogP contribution in [-0.2, 0) is 22.6 Å². The fourth-order valence-electron chi connectivity index (χ4n) is 4.70. The summed E-state index contributed by atoms with van der Waals surface area (Å²) in [6, 6.07) is 32.5. The van der Waals surface area contributed by atoms with Gasteiger partial charge in [-0.25, -0.2) is 4.79 Å². The van der Waals surface area contributed by atoms with Gasteiger partial charge in [0, 0.05) is 36.2 Å². The van der Waals surface area contributed by atoms with E-state index in [4.69, 9.17) is 4.74 Å². The molecule has 0 fully saturated rings. The lowest BCUT2D eigenvalue weighted by Crippen LogP contribution is -2.44. The van der Waals surface area contributed by atoms with Crippen LogP contribution in [0, 0.1) is 0 Å². The lowest BCUT2D eigenvalue weighted by atomic mass is 10.0. The number of nitrogens with zero attached hydrogens (tertiary/aromatic N) is 2. The van der Waals surface area contributed by atoms with E-state index in [0.29, 0.717) is 18.9 Å². The van der Waals surface area contributed by atoms with Gasteiger partial charge in [0.25, 0.3) is 0 Å². The molecule has 5 rings (SSSR count). The average molecular weight is 539 g/mol. The number of amides is 1. The Balaban J connectivity index is 1.25. The number of hydrogen-bond donors (Lipinski definition) is 1. The predicted octanol–water partition coefficient (Wildman–Crippen LogP) is 6.41.